The number of hydrogen-bond acceptors (Lipinski definition) is 5. The fraction of sp³-hybridized carbons (Fsp3) is 0.667. The van der Waals surface area contributed by atoms with Gasteiger partial charge in [-0.3, -0.25) is 4.79 Å². The lowest BCUT2D eigenvalue weighted by atomic mass is 9.96. The maximum Gasteiger partial charge on any atom is 0.223 e. The van der Waals surface area contributed by atoms with Crippen molar-refractivity contribution in [3.63, 3.8) is 0 Å². The third kappa shape index (κ3) is 7.89. The molecule has 1 amide bonds. The van der Waals surface area contributed by atoms with Crippen molar-refractivity contribution >= 4 is 15.7 Å². The lowest BCUT2D eigenvalue weighted by Crippen LogP contribution is -2.41. The van der Waals surface area contributed by atoms with Gasteiger partial charge in [-0.15, -0.1) is 0 Å². The summed E-state index contributed by atoms with van der Waals surface area (Å²) in [5, 5.41) is 3.01. The number of amides is 1. The van der Waals surface area contributed by atoms with Crippen molar-refractivity contribution in [1.82, 2.24) is 10.2 Å². The van der Waals surface area contributed by atoms with Gasteiger partial charge in [-0.1, -0.05) is 18.2 Å². The lowest BCUT2D eigenvalue weighted by Gasteiger charge is -2.31. The summed E-state index contributed by atoms with van der Waals surface area (Å²) in [4.78, 5) is 14.9. The van der Waals surface area contributed by atoms with Crippen LogP contribution < -0.4 is 5.32 Å². The molecule has 1 aliphatic heterocycles. The number of carbonyl (C=O) groups excluding carboxylic acids is 1. The Kier molecular flexibility index (Phi) is 9.41. The van der Waals surface area contributed by atoms with Gasteiger partial charge in [0.1, 0.15) is 0 Å². The van der Waals surface area contributed by atoms with Crippen molar-refractivity contribution in [2.75, 3.05) is 38.5 Å². The molecule has 158 valence electrons. The zero-order valence-electron chi connectivity index (χ0n) is 17.1. The molecule has 1 saturated heterocycles. The maximum atomic E-state index is 12.3. The highest BCUT2D eigenvalue weighted by Gasteiger charge is 2.24. The summed E-state index contributed by atoms with van der Waals surface area (Å²) in [5.74, 6) is 0.363. The van der Waals surface area contributed by atoms with Crippen LogP contribution in [-0.4, -0.2) is 63.9 Å². The molecule has 1 aliphatic rings. The molecule has 0 saturated carbocycles. The van der Waals surface area contributed by atoms with E-state index in [-0.39, 0.29) is 23.7 Å². The Bertz CT molecular complexity index is 684. The Morgan fingerprint density at radius 3 is 2.50 bits per heavy atom. The first-order valence-electron chi connectivity index (χ1n) is 10.3. The third-order valence-corrected chi connectivity index (χ3v) is 6.84. The van der Waals surface area contributed by atoms with Crippen molar-refractivity contribution in [3.8, 4) is 0 Å². The molecule has 2 rings (SSSR count). The maximum absolute atomic E-state index is 12.3. The van der Waals surface area contributed by atoms with Gasteiger partial charge in [0.15, 0.2) is 9.84 Å². The zero-order chi connectivity index (χ0) is 20.4. The topological polar surface area (TPSA) is 75.7 Å². The Morgan fingerprint density at radius 2 is 1.86 bits per heavy atom. The van der Waals surface area contributed by atoms with Crippen LogP contribution in [0.25, 0.3) is 0 Å². The predicted molar refractivity (Wildman–Crippen MR) is 111 cm³/mol. The minimum Gasteiger partial charge on any atom is -0.379 e. The van der Waals surface area contributed by atoms with E-state index in [2.05, 4.69) is 10.2 Å². The van der Waals surface area contributed by atoms with Crippen molar-refractivity contribution in [2.24, 2.45) is 5.92 Å². The SMILES string of the molecule is CC(C)OCCCNC(=O)C1CCN(CCCS(=O)(=O)c2ccccc2)CC1. The van der Waals surface area contributed by atoms with E-state index >= 15 is 0 Å². The first kappa shape index (κ1) is 22.8. The van der Waals surface area contributed by atoms with Crippen LogP contribution in [0.15, 0.2) is 35.2 Å². The molecular weight excluding hydrogens is 376 g/mol. The van der Waals surface area contributed by atoms with Crippen LogP contribution in [0, 0.1) is 5.92 Å². The number of hydrogen-bond donors (Lipinski definition) is 1. The summed E-state index contributed by atoms with van der Waals surface area (Å²) in [7, 11) is -3.21. The molecule has 0 spiro atoms. The van der Waals surface area contributed by atoms with Crippen LogP contribution in [0.1, 0.15) is 39.5 Å². The Balaban J connectivity index is 1.61. The van der Waals surface area contributed by atoms with E-state index in [9.17, 15) is 13.2 Å². The van der Waals surface area contributed by atoms with E-state index in [0.717, 1.165) is 38.9 Å². The monoisotopic (exact) mass is 410 g/mol. The van der Waals surface area contributed by atoms with E-state index in [1.54, 1.807) is 24.3 Å². The van der Waals surface area contributed by atoms with Gasteiger partial charge in [0.25, 0.3) is 0 Å². The molecule has 0 bridgehead atoms. The van der Waals surface area contributed by atoms with Gasteiger partial charge in [-0.2, -0.15) is 0 Å². The van der Waals surface area contributed by atoms with Gasteiger partial charge in [0.05, 0.1) is 16.8 Å². The summed E-state index contributed by atoms with van der Waals surface area (Å²) in [6.07, 6.45) is 3.34. The molecular formula is C21H34N2O4S. The number of carbonyl (C=O) groups is 1. The minimum absolute atomic E-state index is 0.0651. The van der Waals surface area contributed by atoms with Crippen LogP contribution in [0.4, 0.5) is 0 Å². The van der Waals surface area contributed by atoms with E-state index in [1.165, 1.54) is 0 Å². The largest absolute Gasteiger partial charge is 0.379 e. The predicted octanol–water partition coefficient (Wildman–Crippen LogP) is 2.49. The number of sulfone groups is 1. The number of piperidine rings is 1. The average molecular weight is 411 g/mol. The highest BCUT2D eigenvalue weighted by atomic mass is 32.2. The number of ether oxygens (including phenoxy) is 1. The van der Waals surface area contributed by atoms with Crippen LogP contribution in [0.3, 0.4) is 0 Å². The van der Waals surface area contributed by atoms with E-state index in [0.29, 0.717) is 24.5 Å². The first-order valence-corrected chi connectivity index (χ1v) is 11.9. The normalized spacial score (nSPS) is 16.4. The van der Waals surface area contributed by atoms with Gasteiger partial charge in [-0.05, 0) is 71.3 Å². The van der Waals surface area contributed by atoms with Gasteiger partial charge < -0.3 is 15.0 Å². The fourth-order valence-corrected chi connectivity index (χ4v) is 4.71. The molecule has 0 radical (unpaired) electrons. The van der Waals surface area contributed by atoms with Gasteiger partial charge in [0.2, 0.25) is 5.91 Å². The third-order valence-electron chi connectivity index (χ3n) is 5.02. The van der Waals surface area contributed by atoms with Gasteiger partial charge >= 0.3 is 0 Å². The Labute approximate surface area is 169 Å². The van der Waals surface area contributed by atoms with Crippen LogP contribution in [0.5, 0.6) is 0 Å². The van der Waals surface area contributed by atoms with Crippen LogP contribution in [0.2, 0.25) is 0 Å². The second kappa shape index (κ2) is 11.5. The fourth-order valence-electron chi connectivity index (χ4n) is 3.39. The summed E-state index contributed by atoms with van der Waals surface area (Å²) >= 11 is 0. The number of rotatable bonds is 11. The minimum atomic E-state index is -3.21. The lowest BCUT2D eigenvalue weighted by molar-refractivity contribution is -0.126. The van der Waals surface area contributed by atoms with E-state index in [4.69, 9.17) is 4.74 Å². The number of nitrogens with one attached hydrogen (secondary N) is 1. The smallest absolute Gasteiger partial charge is 0.223 e. The summed E-state index contributed by atoms with van der Waals surface area (Å²) in [6.45, 7) is 7.78. The molecule has 0 atom stereocenters. The molecule has 1 fully saturated rings. The van der Waals surface area contributed by atoms with E-state index < -0.39 is 9.84 Å². The molecule has 0 unspecified atom stereocenters. The summed E-state index contributed by atoms with van der Waals surface area (Å²) in [5.41, 5.74) is 0. The molecule has 1 aromatic carbocycles. The average Bonchev–Trinajstić information content (AvgIpc) is 2.68. The highest BCUT2D eigenvalue weighted by Crippen LogP contribution is 2.18. The molecule has 0 aliphatic carbocycles. The van der Waals surface area contributed by atoms with Crippen molar-refractivity contribution in [1.29, 1.82) is 0 Å². The Hall–Kier alpha value is -1.44. The van der Waals surface area contributed by atoms with Crippen molar-refractivity contribution in [3.05, 3.63) is 30.3 Å². The second-order valence-electron chi connectivity index (χ2n) is 7.67. The molecule has 1 N–H and O–H groups in total. The molecule has 6 nitrogen and oxygen atoms in total. The quantitative estimate of drug-likeness (QED) is 0.567. The molecule has 7 heteroatoms. The molecule has 1 heterocycles. The summed E-state index contributed by atoms with van der Waals surface area (Å²) < 4.78 is 30.1. The zero-order valence-corrected chi connectivity index (χ0v) is 17.9. The first-order chi connectivity index (χ1) is 13.4. The van der Waals surface area contributed by atoms with Gasteiger partial charge in [-0.25, -0.2) is 8.42 Å². The highest BCUT2D eigenvalue weighted by molar-refractivity contribution is 7.91. The summed E-state index contributed by atoms with van der Waals surface area (Å²) in [6, 6.07) is 8.61. The second-order valence-corrected chi connectivity index (χ2v) is 9.77. The molecule has 28 heavy (non-hydrogen) atoms. The number of nitrogens with zero attached hydrogens (tertiary/aromatic N) is 1. The van der Waals surface area contributed by atoms with Crippen molar-refractivity contribution < 1.29 is 17.9 Å². The number of benzene rings is 1. The number of likely N-dealkylation sites (tertiary alicyclic amines) is 1. The Morgan fingerprint density at radius 1 is 1.18 bits per heavy atom. The van der Waals surface area contributed by atoms with Crippen molar-refractivity contribution in [2.45, 2.75) is 50.5 Å². The van der Waals surface area contributed by atoms with Crippen LogP contribution >= 0.6 is 0 Å². The van der Waals surface area contributed by atoms with Gasteiger partial charge in [0, 0.05) is 19.1 Å². The molecule has 1 aromatic rings. The van der Waals surface area contributed by atoms with E-state index in [1.807, 2.05) is 19.9 Å². The molecule has 0 aromatic heterocycles. The van der Waals surface area contributed by atoms with Crippen LogP contribution in [-0.2, 0) is 19.4 Å². The standard InChI is InChI=1S/C21H34N2O4S/c1-18(2)27-16-6-12-22-21(24)19-10-14-23(15-11-19)13-7-17-28(25,26)20-8-4-3-5-9-20/h3-5,8-9,18-19H,6-7,10-17H2,1-2H3,(H,22,24).